The van der Waals surface area contributed by atoms with Gasteiger partial charge in [0, 0.05) is 26.2 Å². The molecule has 3 N–H and O–H groups in total. The zero-order valence-corrected chi connectivity index (χ0v) is 8.32. The van der Waals surface area contributed by atoms with Crippen molar-refractivity contribution in [1.29, 1.82) is 0 Å². The van der Waals surface area contributed by atoms with Crippen LogP contribution in [-0.4, -0.2) is 48.4 Å². The first-order valence-electron chi connectivity index (χ1n) is 5.01. The highest BCUT2D eigenvalue weighted by Gasteiger charge is 2.20. The topological polar surface area (TPSA) is 75.8 Å². The molecule has 0 aromatic heterocycles. The van der Waals surface area contributed by atoms with Crippen molar-refractivity contribution < 1.29 is 14.6 Å². The van der Waals surface area contributed by atoms with E-state index in [1.807, 2.05) is 0 Å². The van der Waals surface area contributed by atoms with Gasteiger partial charge in [-0.3, -0.25) is 0 Å². The van der Waals surface area contributed by atoms with Gasteiger partial charge < -0.3 is 20.5 Å². The zero-order chi connectivity index (χ0) is 10.4. The number of primary amides is 1. The molecule has 5 heteroatoms. The summed E-state index contributed by atoms with van der Waals surface area (Å²) in [6.07, 6.45) is 1.79. The highest BCUT2D eigenvalue weighted by Crippen LogP contribution is 2.13. The summed E-state index contributed by atoms with van der Waals surface area (Å²) in [4.78, 5) is 12.7. The van der Waals surface area contributed by atoms with E-state index in [1.54, 1.807) is 0 Å². The number of amides is 1. The Morgan fingerprint density at radius 3 is 2.64 bits per heavy atom. The van der Waals surface area contributed by atoms with Gasteiger partial charge in [-0.25, -0.2) is 4.79 Å². The molecule has 0 aromatic carbocycles. The molecule has 82 valence electrons. The molecule has 0 saturated carbocycles. The van der Waals surface area contributed by atoms with Crippen molar-refractivity contribution >= 4 is 6.09 Å². The number of hydrogen-bond donors (Lipinski definition) is 2. The third-order valence-corrected chi connectivity index (χ3v) is 2.45. The van der Waals surface area contributed by atoms with E-state index in [2.05, 4.69) is 4.90 Å². The fourth-order valence-electron chi connectivity index (χ4n) is 1.71. The molecule has 0 bridgehead atoms. The van der Waals surface area contributed by atoms with E-state index in [0.29, 0.717) is 0 Å². The van der Waals surface area contributed by atoms with E-state index in [0.717, 1.165) is 38.9 Å². The molecule has 1 fully saturated rings. The van der Waals surface area contributed by atoms with Gasteiger partial charge >= 0.3 is 6.09 Å². The Labute approximate surface area is 83.8 Å². The molecule has 0 spiro atoms. The molecule has 1 rings (SSSR count). The lowest BCUT2D eigenvalue weighted by molar-refractivity contribution is 0.0546. The van der Waals surface area contributed by atoms with E-state index >= 15 is 0 Å². The molecule has 5 nitrogen and oxygen atoms in total. The van der Waals surface area contributed by atoms with Crippen LogP contribution in [0.3, 0.4) is 0 Å². The first-order chi connectivity index (χ1) is 6.72. The number of carbonyl (C=O) groups is 1. The van der Waals surface area contributed by atoms with Crippen molar-refractivity contribution in [3.8, 4) is 0 Å². The Bertz CT molecular complexity index is 179. The first kappa shape index (κ1) is 11.3. The molecular formula is C9H18N2O3. The maximum absolute atomic E-state index is 10.5. The summed E-state index contributed by atoms with van der Waals surface area (Å²) in [7, 11) is 0. The van der Waals surface area contributed by atoms with Gasteiger partial charge in [0.1, 0.15) is 6.10 Å². The molecule has 1 heterocycles. The lowest BCUT2D eigenvalue weighted by atomic mass is 10.1. The maximum Gasteiger partial charge on any atom is 0.404 e. The highest BCUT2D eigenvalue weighted by atomic mass is 16.6. The van der Waals surface area contributed by atoms with E-state index in [1.165, 1.54) is 0 Å². The van der Waals surface area contributed by atoms with E-state index < -0.39 is 6.09 Å². The Morgan fingerprint density at radius 1 is 1.50 bits per heavy atom. The Balaban J connectivity index is 2.14. The quantitative estimate of drug-likeness (QED) is 0.669. The fourth-order valence-corrected chi connectivity index (χ4v) is 1.71. The number of aliphatic hydroxyl groups is 1. The second-order valence-corrected chi connectivity index (χ2v) is 3.56. The summed E-state index contributed by atoms with van der Waals surface area (Å²) < 4.78 is 4.91. The average molecular weight is 202 g/mol. The van der Waals surface area contributed by atoms with Gasteiger partial charge in [-0.05, 0) is 19.3 Å². The molecule has 1 aliphatic heterocycles. The number of hydrogen-bond acceptors (Lipinski definition) is 4. The molecule has 0 aliphatic carbocycles. The third-order valence-electron chi connectivity index (χ3n) is 2.45. The molecule has 0 atom stereocenters. The summed E-state index contributed by atoms with van der Waals surface area (Å²) in [6, 6.07) is 0. The average Bonchev–Trinajstić information content (AvgIpc) is 2.16. The van der Waals surface area contributed by atoms with Crippen LogP contribution in [0.15, 0.2) is 0 Å². The summed E-state index contributed by atoms with van der Waals surface area (Å²) in [5, 5.41) is 8.66. The molecule has 0 radical (unpaired) electrons. The molecule has 0 aromatic rings. The summed E-state index contributed by atoms with van der Waals surface area (Å²) in [6.45, 7) is 2.98. The van der Waals surface area contributed by atoms with Crippen molar-refractivity contribution in [3.05, 3.63) is 0 Å². The van der Waals surface area contributed by atoms with Crippen LogP contribution in [0.25, 0.3) is 0 Å². The van der Waals surface area contributed by atoms with E-state index in [4.69, 9.17) is 15.6 Å². The number of rotatable bonds is 4. The lowest BCUT2D eigenvalue weighted by Crippen LogP contribution is -2.39. The molecular weight excluding hydrogens is 184 g/mol. The third kappa shape index (κ3) is 3.93. The molecule has 1 amide bonds. The SMILES string of the molecule is NC(=O)OC1CCN(CCCO)CC1. The van der Waals surface area contributed by atoms with Crippen molar-refractivity contribution in [1.82, 2.24) is 4.90 Å². The van der Waals surface area contributed by atoms with Crippen LogP contribution in [0.4, 0.5) is 4.79 Å². The predicted octanol–water partition coefficient (Wildman–Crippen LogP) is -0.0715. The fraction of sp³-hybridized carbons (Fsp3) is 0.889. The summed E-state index contributed by atoms with van der Waals surface area (Å²) >= 11 is 0. The van der Waals surface area contributed by atoms with Crippen molar-refractivity contribution in [2.24, 2.45) is 5.73 Å². The van der Waals surface area contributed by atoms with Crippen molar-refractivity contribution in [2.75, 3.05) is 26.2 Å². The number of carbonyl (C=O) groups excluding carboxylic acids is 1. The molecule has 1 aliphatic rings. The first-order valence-corrected chi connectivity index (χ1v) is 5.01. The van der Waals surface area contributed by atoms with Crippen molar-refractivity contribution in [3.63, 3.8) is 0 Å². The van der Waals surface area contributed by atoms with Gasteiger partial charge in [-0.1, -0.05) is 0 Å². The Hall–Kier alpha value is -0.810. The maximum atomic E-state index is 10.5. The number of nitrogens with zero attached hydrogens (tertiary/aromatic N) is 1. The number of piperidine rings is 1. The van der Waals surface area contributed by atoms with Crippen LogP contribution in [-0.2, 0) is 4.74 Å². The number of ether oxygens (including phenoxy) is 1. The Morgan fingerprint density at radius 2 is 2.14 bits per heavy atom. The van der Waals surface area contributed by atoms with Crippen LogP contribution in [0.2, 0.25) is 0 Å². The van der Waals surface area contributed by atoms with Crippen LogP contribution >= 0.6 is 0 Å². The molecule has 0 unspecified atom stereocenters. The van der Waals surface area contributed by atoms with Gasteiger partial charge in [0.15, 0.2) is 0 Å². The monoisotopic (exact) mass is 202 g/mol. The number of likely N-dealkylation sites (tertiary alicyclic amines) is 1. The van der Waals surface area contributed by atoms with E-state index in [9.17, 15) is 4.79 Å². The van der Waals surface area contributed by atoms with Crippen molar-refractivity contribution in [2.45, 2.75) is 25.4 Å². The van der Waals surface area contributed by atoms with Crippen LogP contribution < -0.4 is 5.73 Å². The minimum absolute atomic E-state index is 0.0159. The normalized spacial score (nSPS) is 19.5. The number of aliphatic hydroxyl groups excluding tert-OH is 1. The van der Waals surface area contributed by atoms with Crippen LogP contribution in [0.1, 0.15) is 19.3 Å². The lowest BCUT2D eigenvalue weighted by Gasteiger charge is -2.30. The largest absolute Gasteiger partial charge is 0.446 e. The van der Waals surface area contributed by atoms with Gasteiger partial charge in [0.05, 0.1) is 0 Å². The van der Waals surface area contributed by atoms with Crippen LogP contribution in [0, 0.1) is 0 Å². The van der Waals surface area contributed by atoms with Crippen LogP contribution in [0.5, 0.6) is 0 Å². The second-order valence-electron chi connectivity index (χ2n) is 3.56. The smallest absolute Gasteiger partial charge is 0.404 e. The second kappa shape index (κ2) is 5.82. The Kier molecular flexibility index (Phi) is 4.69. The summed E-state index contributed by atoms with van der Waals surface area (Å²) in [5.41, 5.74) is 4.93. The molecule has 1 saturated heterocycles. The molecule has 14 heavy (non-hydrogen) atoms. The minimum Gasteiger partial charge on any atom is -0.446 e. The van der Waals surface area contributed by atoms with E-state index in [-0.39, 0.29) is 12.7 Å². The van der Waals surface area contributed by atoms with Gasteiger partial charge in [-0.2, -0.15) is 0 Å². The predicted molar refractivity (Wildman–Crippen MR) is 51.8 cm³/mol. The van der Waals surface area contributed by atoms with Gasteiger partial charge in [-0.15, -0.1) is 0 Å². The standard InChI is InChI=1S/C9H18N2O3/c10-9(13)14-8-2-5-11(6-3-8)4-1-7-12/h8,12H,1-7H2,(H2,10,13). The van der Waals surface area contributed by atoms with Gasteiger partial charge in [0.2, 0.25) is 0 Å². The summed E-state index contributed by atoms with van der Waals surface area (Å²) in [5.74, 6) is 0. The highest BCUT2D eigenvalue weighted by molar-refractivity contribution is 5.64. The zero-order valence-electron chi connectivity index (χ0n) is 8.32. The van der Waals surface area contributed by atoms with Gasteiger partial charge in [0.25, 0.3) is 0 Å². The minimum atomic E-state index is -0.682. The number of nitrogens with two attached hydrogens (primary N) is 1.